The van der Waals surface area contributed by atoms with Crippen molar-refractivity contribution in [2.75, 3.05) is 57.1 Å². The van der Waals surface area contributed by atoms with E-state index in [1.165, 1.54) is 16.7 Å². The number of ketones is 1. The minimum absolute atomic E-state index is 0.000933. The van der Waals surface area contributed by atoms with Crippen LogP contribution in [0.3, 0.4) is 0 Å². The van der Waals surface area contributed by atoms with Gasteiger partial charge in [0.25, 0.3) is 0 Å². The molecule has 2 fully saturated rings. The van der Waals surface area contributed by atoms with Gasteiger partial charge >= 0.3 is 0 Å². The summed E-state index contributed by atoms with van der Waals surface area (Å²) >= 11 is 1.32. The summed E-state index contributed by atoms with van der Waals surface area (Å²) in [5.74, 6) is -0.827. The molecule has 0 spiro atoms. The number of thioether (sulfide) groups is 1. The second-order valence-corrected chi connectivity index (χ2v) is 12.6. The third kappa shape index (κ3) is 12.3. The summed E-state index contributed by atoms with van der Waals surface area (Å²) in [4.78, 5) is 86.6. The Morgan fingerprint density at radius 1 is 0.891 bits per heavy atom. The number of hydrogen-bond acceptors (Lipinski definition) is 10. The van der Waals surface area contributed by atoms with Gasteiger partial charge in [0.2, 0.25) is 35.4 Å². The first-order valence-electron chi connectivity index (χ1n) is 15.7. The van der Waals surface area contributed by atoms with Gasteiger partial charge in [-0.05, 0) is 24.1 Å². The lowest BCUT2D eigenvalue weighted by Crippen LogP contribution is -2.47. The summed E-state index contributed by atoms with van der Waals surface area (Å²) < 4.78 is 10.9. The van der Waals surface area contributed by atoms with Gasteiger partial charge in [-0.3, -0.25) is 43.4 Å². The number of carbonyl (C=O) groups is 7. The van der Waals surface area contributed by atoms with Gasteiger partial charge in [-0.25, -0.2) is 0 Å². The molecule has 46 heavy (non-hydrogen) atoms. The van der Waals surface area contributed by atoms with Crippen LogP contribution in [0.2, 0.25) is 0 Å². The van der Waals surface area contributed by atoms with Crippen molar-refractivity contribution in [2.24, 2.45) is 5.92 Å². The number of ether oxygens (including phenoxy) is 2. The highest BCUT2D eigenvalue weighted by atomic mass is 32.2. The zero-order valence-electron chi connectivity index (χ0n) is 26.5. The topological polar surface area (TPSA) is 168 Å². The fourth-order valence-electron chi connectivity index (χ4n) is 4.60. The molecule has 2 saturated heterocycles. The van der Waals surface area contributed by atoms with Crippen molar-refractivity contribution in [3.8, 4) is 0 Å². The highest BCUT2D eigenvalue weighted by Gasteiger charge is 2.38. The van der Waals surface area contributed by atoms with E-state index >= 15 is 0 Å². The molecule has 0 bridgehead atoms. The molecule has 6 amide bonds. The van der Waals surface area contributed by atoms with Gasteiger partial charge in [-0.15, -0.1) is 11.8 Å². The number of nitrogens with one attached hydrogen (secondary N) is 2. The molecule has 1 unspecified atom stereocenters. The minimum atomic E-state index is -0.501. The third-order valence-electron chi connectivity index (χ3n) is 7.51. The molecule has 3 rings (SSSR count). The Bertz CT molecular complexity index is 1250. The summed E-state index contributed by atoms with van der Waals surface area (Å²) in [5, 5.41) is 4.98. The largest absolute Gasteiger partial charge is 0.379 e. The smallest absolute Gasteiger partial charge is 0.242 e. The molecule has 14 heteroatoms. The monoisotopic (exact) mass is 660 g/mol. The highest BCUT2D eigenvalue weighted by molar-refractivity contribution is 8.00. The fourth-order valence-corrected chi connectivity index (χ4v) is 5.74. The lowest BCUT2D eigenvalue weighted by atomic mass is 10.1. The maximum absolute atomic E-state index is 12.5. The number of carbonyl (C=O) groups excluding carboxylic acids is 7. The maximum atomic E-state index is 12.5. The normalized spacial score (nSPS) is 16.2. The van der Waals surface area contributed by atoms with Crippen LogP contribution < -0.4 is 10.6 Å². The fraction of sp³-hybridized carbons (Fsp3) is 0.594. The van der Waals surface area contributed by atoms with E-state index in [0.717, 1.165) is 10.5 Å². The van der Waals surface area contributed by atoms with E-state index < -0.39 is 5.25 Å². The molecule has 1 aromatic carbocycles. The summed E-state index contributed by atoms with van der Waals surface area (Å²) in [6, 6.07) is 7.20. The molecule has 1 aromatic rings. The Kier molecular flexibility index (Phi) is 15.3. The third-order valence-corrected chi connectivity index (χ3v) is 8.72. The molecule has 1 atom stereocenters. The van der Waals surface area contributed by atoms with Gasteiger partial charge in [0.15, 0.2) is 0 Å². The number of likely N-dealkylation sites (tertiary alicyclic amines) is 2. The van der Waals surface area contributed by atoms with E-state index in [0.29, 0.717) is 37.2 Å². The quantitative estimate of drug-likeness (QED) is 0.113. The van der Waals surface area contributed by atoms with Crippen LogP contribution in [-0.4, -0.2) is 108 Å². The number of amides is 6. The molecule has 0 aromatic heterocycles. The van der Waals surface area contributed by atoms with E-state index in [1.54, 1.807) is 12.1 Å². The molecule has 13 nitrogen and oxygen atoms in total. The predicted molar refractivity (Wildman–Crippen MR) is 171 cm³/mol. The van der Waals surface area contributed by atoms with Crippen LogP contribution in [0.15, 0.2) is 24.3 Å². The molecular formula is C32H44N4O9S. The van der Waals surface area contributed by atoms with Crippen molar-refractivity contribution in [2.45, 2.75) is 64.0 Å². The predicted octanol–water partition coefficient (Wildman–Crippen LogP) is 1.72. The molecule has 252 valence electrons. The van der Waals surface area contributed by atoms with Crippen LogP contribution in [0, 0.1) is 5.92 Å². The first-order valence-corrected chi connectivity index (χ1v) is 16.7. The Balaban J connectivity index is 1.15. The second-order valence-electron chi connectivity index (χ2n) is 11.3. The molecule has 0 saturated carbocycles. The van der Waals surface area contributed by atoms with Crippen LogP contribution in [0.1, 0.15) is 57.9 Å². The zero-order chi connectivity index (χ0) is 33.5. The summed E-state index contributed by atoms with van der Waals surface area (Å²) in [7, 11) is 0. The number of anilines is 1. The maximum Gasteiger partial charge on any atom is 0.242 e. The highest BCUT2D eigenvalue weighted by Crippen LogP contribution is 2.26. The standard InChI is InChI=1S/C32H44N4O9S/c1-22(2)25(37)12-20-46-26-21-31(42)36(32(26)43)14-9-27(38)33-13-17-45-19-18-44-16-11-28(39)34-24-6-3-23(4-7-24)5-8-29(40)35-15-10-30(35)41/h3-4,6-7,22,26H,5,8-21H2,1-2H3,(H,33,38)(H,34,39). The number of imide groups is 2. The van der Waals surface area contributed by atoms with Crippen molar-refractivity contribution in [1.29, 1.82) is 0 Å². The second kappa shape index (κ2) is 19.1. The van der Waals surface area contributed by atoms with Gasteiger partial charge in [0.1, 0.15) is 5.78 Å². The molecule has 0 aliphatic carbocycles. The van der Waals surface area contributed by atoms with E-state index in [4.69, 9.17) is 9.47 Å². The molecule has 2 aliphatic rings. The first kappa shape index (κ1) is 36.8. The van der Waals surface area contributed by atoms with Gasteiger partial charge in [0, 0.05) is 69.1 Å². The molecule has 0 radical (unpaired) electrons. The van der Waals surface area contributed by atoms with Crippen molar-refractivity contribution in [1.82, 2.24) is 15.1 Å². The molecule has 2 heterocycles. The average Bonchev–Trinajstić information content (AvgIpc) is 3.29. The van der Waals surface area contributed by atoms with E-state index in [2.05, 4.69) is 10.6 Å². The van der Waals surface area contributed by atoms with E-state index in [-0.39, 0.29) is 112 Å². The SMILES string of the molecule is CC(C)C(=O)CCSC1CC(=O)N(CCC(=O)NCCOCCOCCC(=O)Nc2ccc(CCC(=O)N3CCC3=O)cc2)C1=O. The molecular weight excluding hydrogens is 616 g/mol. The number of hydrogen-bond donors (Lipinski definition) is 2. The number of benzene rings is 1. The lowest BCUT2D eigenvalue weighted by Gasteiger charge is -2.28. The van der Waals surface area contributed by atoms with Crippen LogP contribution in [0.25, 0.3) is 0 Å². The Morgan fingerprint density at radius 3 is 2.26 bits per heavy atom. The minimum Gasteiger partial charge on any atom is -0.379 e. The van der Waals surface area contributed by atoms with Crippen molar-refractivity contribution >= 4 is 58.7 Å². The van der Waals surface area contributed by atoms with Crippen LogP contribution >= 0.6 is 11.8 Å². The summed E-state index contributed by atoms with van der Waals surface area (Å²) in [6.45, 7) is 5.47. The van der Waals surface area contributed by atoms with Crippen LogP contribution in [0.5, 0.6) is 0 Å². The number of Topliss-reactive ketones (excluding diaryl/α,β-unsaturated/α-hetero) is 1. The number of β-lactam (4-membered cyclic amide) rings is 1. The summed E-state index contributed by atoms with van der Waals surface area (Å²) in [5.41, 5.74) is 1.57. The molecule has 2 aliphatic heterocycles. The Labute approximate surface area is 273 Å². The zero-order valence-corrected chi connectivity index (χ0v) is 27.4. The van der Waals surface area contributed by atoms with Crippen molar-refractivity contribution < 1.29 is 43.0 Å². The van der Waals surface area contributed by atoms with Crippen molar-refractivity contribution in [3.05, 3.63) is 29.8 Å². The average molecular weight is 661 g/mol. The van der Waals surface area contributed by atoms with Gasteiger partial charge in [0.05, 0.1) is 38.1 Å². The van der Waals surface area contributed by atoms with Gasteiger partial charge in [-0.1, -0.05) is 26.0 Å². The Hall–Kier alpha value is -3.62. The Morgan fingerprint density at radius 2 is 1.61 bits per heavy atom. The summed E-state index contributed by atoms with van der Waals surface area (Å²) in [6.07, 6.45) is 1.84. The van der Waals surface area contributed by atoms with Crippen LogP contribution in [0.4, 0.5) is 5.69 Å². The van der Waals surface area contributed by atoms with Gasteiger partial charge < -0.3 is 20.1 Å². The molecule has 2 N–H and O–H groups in total. The van der Waals surface area contributed by atoms with E-state index in [9.17, 15) is 33.6 Å². The number of aryl methyl sites for hydroxylation is 1. The van der Waals surface area contributed by atoms with Crippen molar-refractivity contribution in [3.63, 3.8) is 0 Å². The first-order chi connectivity index (χ1) is 22.0. The number of nitrogens with zero attached hydrogens (tertiary/aromatic N) is 2. The number of rotatable bonds is 21. The lowest BCUT2D eigenvalue weighted by molar-refractivity contribution is -0.152. The van der Waals surface area contributed by atoms with Gasteiger partial charge in [-0.2, -0.15) is 0 Å². The van der Waals surface area contributed by atoms with Crippen LogP contribution in [-0.2, 0) is 49.5 Å². The van der Waals surface area contributed by atoms with E-state index in [1.807, 2.05) is 26.0 Å².